The van der Waals surface area contributed by atoms with Gasteiger partial charge in [-0.1, -0.05) is 39.0 Å². The molecule has 0 atom stereocenters. The lowest BCUT2D eigenvalue weighted by atomic mass is 9.87. The van der Waals surface area contributed by atoms with Crippen molar-refractivity contribution in [2.45, 2.75) is 39.0 Å². The number of anilines is 1. The molecular weight excluding hydrogens is 356 g/mol. The summed E-state index contributed by atoms with van der Waals surface area (Å²) in [4.78, 5) is 38.1. The predicted octanol–water partition coefficient (Wildman–Crippen LogP) is 3.70. The van der Waals surface area contributed by atoms with E-state index in [-0.39, 0.29) is 41.9 Å². The van der Waals surface area contributed by atoms with Gasteiger partial charge in [0.05, 0.1) is 16.8 Å². The molecule has 2 N–H and O–H groups in total. The highest BCUT2D eigenvalue weighted by Crippen LogP contribution is 2.31. The second kappa shape index (κ2) is 7.46. The highest BCUT2D eigenvalue weighted by Gasteiger charge is 2.34. The number of carbonyl (C=O) groups is 3. The molecule has 0 saturated heterocycles. The van der Waals surface area contributed by atoms with Gasteiger partial charge in [-0.15, -0.1) is 0 Å². The van der Waals surface area contributed by atoms with Crippen LogP contribution < -0.4 is 5.32 Å². The molecule has 0 aliphatic carbocycles. The van der Waals surface area contributed by atoms with Crippen molar-refractivity contribution >= 4 is 23.4 Å². The van der Waals surface area contributed by atoms with E-state index < -0.39 is 0 Å². The summed E-state index contributed by atoms with van der Waals surface area (Å²) in [6.07, 6.45) is 0.476. The van der Waals surface area contributed by atoms with Crippen molar-refractivity contribution in [1.29, 1.82) is 0 Å². The Morgan fingerprint density at radius 2 is 1.64 bits per heavy atom. The van der Waals surface area contributed by atoms with Crippen molar-refractivity contribution in [1.82, 2.24) is 4.90 Å². The van der Waals surface area contributed by atoms with E-state index in [1.165, 1.54) is 4.90 Å². The molecule has 2 aromatic rings. The number of fused-ring (bicyclic) bond motifs is 1. The molecule has 0 radical (unpaired) electrons. The summed E-state index contributed by atoms with van der Waals surface area (Å²) in [5.74, 6) is -0.923. The molecule has 2 aromatic carbocycles. The monoisotopic (exact) mass is 380 g/mol. The average Bonchev–Trinajstić information content (AvgIpc) is 2.88. The summed E-state index contributed by atoms with van der Waals surface area (Å²) in [5.41, 5.74) is 2.05. The first kappa shape index (κ1) is 19.6. The molecule has 0 spiro atoms. The Labute approximate surface area is 164 Å². The molecule has 0 fully saturated rings. The third-order valence-electron chi connectivity index (χ3n) is 4.80. The second-order valence-electron chi connectivity index (χ2n) is 7.94. The van der Waals surface area contributed by atoms with Crippen LogP contribution in [0.2, 0.25) is 0 Å². The number of hydrogen-bond acceptors (Lipinski definition) is 4. The van der Waals surface area contributed by atoms with E-state index in [2.05, 4.69) is 5.32 Å². The molecule has 6 heteroatoms. The van der Waals surface area contributed by atoms with E-state index >= 15 is 0 Å². The maximum atomic E-state index is 12.3. The number of hydrogen-bond donors (Lipinski definition) is 2. The third-order valence-corrected chi connectivity index (χ3v) is 4.80. The Kier molecular flexibility index (Phi) is 5.23. The van der Waals surface area contributed by atoms with Crippen LogP contribution in [0.15, 0.2) is 42.5 Å². The zero-order chi connectivity index (χ0) is 20.5. The zero-order valence-corrected chi connectivity index (χ0v) is 16.3. The second-order valence-corrected chi connectivity index (χ2v) is 7.94. The average molecular weight is 380 g/mol. The van der Waals surface area contributed by atoms with Crippen molar-refractivity contribution in [2.24, 2.45) is 0 Å². The van der Waals surface area contributed by atoms with Gasteiger partial charge >= 0.3 is 0 Å². The molecule has 0 saturated carbocycles. The predicted molar refractivity (Wildman–Crippen MR) is 106 cm³/mol. The highest BCUT2D eigenvalue weighted by atomic mass is 16.3. The number of aromatic hydroxyl groups is 1. The van der Waals surface area contributed by atoms with E-state index in [1.807, 2.05) is 26.8 Å². The first-order valence-electron chi connectivity index (χ1n) is 9.27. The van der Waals surface area contributed by atoms with Crippen LogP contribution in [-0.4, -0.2) is 34.3 Å². The number of phenolic OH excluding ortho intramolecular Hbond substituents is 1. The zero-order valence-electron chi connectivity index (χ0n) is 16.3. The fourth-order valence-electron chi connectivity index (χ4n) is 3.16. The van der Waals surface area contributed by atoms with Gasteiger partial charge < -0.3 is 10.4 Å². The van der Waals surface area contributed by atoms with Crippen molar-refractivity contribution in [3.05, 3.63) is 59.2 Å². The summed E-state index contributed by atoms with van der Waals surface area (Å²) in [6.45, 7) is 6.32. The maximum absolute atomic E-state index is 12.3. The molecule has 6 nitrogen and oxygen atoms in total. The maximum Gasteiger partial charge on any atom is 0.261 e. The minimum Gasteiger partial charge on any atom is -0.506 e. The Hall–Kier alpha value is -3.15. The fraction of sp³-hybridized carbons (Fsp3) is 0.318. The van der Waals surface area contributed by atoms with Crippen LogP contribution >= 0.6 is 0 Å². The number of phenols is 1. The number of carbonyl (C=O) groups excluding carboxylic acids is 3. The van der Waals surface area contributed by atoms with E-state index in [0.717, 1.165) is 5.56 Å². The van der Waals surface area contributed by atoms with Crippen molar-refractivity contribution in [3.63, 3.8) is 0 Å². The summed E-state index contributed by atoms with van der Waals surface area (Å²) >= 11 is 0. The van der Waals surface area contributed by atoms with Crippen LogP contribution in [0.3, 0.4) is 0 Å². The number of imide groups is 1. The van der Waals surface area contributed by atoms with E-state index in [4.69, 9.17) is 0 Å². The summed E-state index contributed by atoms with van der Waals surface area (Å²) in [6, 6.07) is 11.9. The van der Waals surface area contributed by atoms with Gasteiger partial charge in [-0.3, -0.25) is 19.3 Å². The summed E-state index contributed by atoms with van der Waals surface area (Å²) in [7, 11) is 0. The van der Waals surface area contributed by atoms with Crippen molar-refractivity contribution in [3.8, 4) is 5.75 Å². The minimum atomic E-state index is -0.323. The number of amides is 3. The summed E-state index contributed by atoms with van der Waals surface area (Å²) < 4.78 is 0. The summed E-state index contributed by atoms with van der Waals surface area (Å²) in [5, 5.41) is 12.7. The molecule has 28 heavy (non-hydrogen) atoms. The van der Waals surface area contributed by atoms with E-state index in [0.29, 0.717) is 23.2 Å². The topological polar surface area (TPSA) is 86.7 Å². The van der Waals surface area contributed by atoms with Gasteiger partial charge in [-0.25, -0.2) is 0 Å². The molecule has 146 valence electrons. The number of benzene rings is 2. The minimum absolute atomic E-state index is 0.00157. The SMILES string of the molecule is CC(C)(C)c1ccc(O)c(NC(=O)CCCN2C(=O)c3ccccc3C2=O)c1. The standard InChI is InChI=1S/C22H24N2O4/c1-22(2,3)14-10-11-18(25)17(13-14)23-19(26)9-6-12-24-20(27)15-7-4-5-8-16(15)21(24)28/h4-5,7-8,10-11,13,25H,6,9,12H2,1-3H3,(H,23,26). The van der Waals surface area contributed by atoms with Gasteiger partial charge in [0.25, 0.3) is 11.8 Å². The Morgan fingerprint density at radius 3 is 2.21 bits per heavy atom. The molecule has 1 aliphatic rings. The first-order chi connectivity index (χ1) is 13.2. The molecule has 0 bridgehead atoms. The first-order valence-corrected chi connectivity index (χ1v) is 9.27. The van der Waals surface area contributed by atoms with E-state index in [1.54, 1.807) is 36.4 Å². The van der Waals surface area contributed by atoms with Crippen LogP contribution in [0.4, 0.5) is 5.69 Å². The molecule has 1 aliphatic heterocycles. The molecule has 3 rings (SSSR count). The van der Waals surface area contributed by atoms with Crippen molar-refractivity contribution in [2.75, 3.05) is 11.9 Å². The molecule has 3 amide bonds. The Bertz CT molecular complexity index is 909. The lowest BCUT2D eigenvalue weighted by Crippen LogP contribution is -2.31. The quantitative estimate of drug-likeness (QED) is 0.612. The highest BCUT2D eigenvalue weighted by molar-refractivity contribution is 6.21. The van der Waals surface area contributed by atoms with Gasteiger partial charge in [-0.05, 0) is 41.7 Å². The lowest BCUT2D eigenvalue weighted by Gasteiger charge is -2.20. The molecular formula is C22H24N2O4. The van der Waals surface area contributed by atoms with Crippen LogP contribution in [0, 0.1) is 0 Å². The Balaban J connectivity index is 1.58. The number of rotatable bonds is 5. The van der Waals surface area contributed by atoms with Gasteiger partial charge in [0.15, 0.2) is 0 Å². The van der Waals surface area contributed by atoms with Crippen LogP contribution in [0.5, 0.6) is 5.75 Å². The normalized spacial score (nSPS) is 13.6. The number of nitrogens with zero attached hydrogens (tertiary/aromatic N) is 1. The largest absolute Gasteiger partial charge is 0.506 e. The molecule has 0 aromatic heterocycles. The van der Waals surface area contributed by atoms with Crippen molar-refractivity contribution < 1.29 is 19.5 Å². The van der Waals surface area contributed by atoms with Gasteiger partial charge in [0, 0.05) is 13.0 Å². The molecule has 1 heterocycles. The van der Waals surface area contributed by atoms with Crippen LogP contribution in [0.1, 0.15) is 59.9 Å². The molecule has 0 unspecified atom stereocenters. The lowest BCUT2D eigenvalue weighted by molar-refractivity contribution is -0.116. The fourth-order valence-corrected chi connectivity index (χ4v) is 3.16. The smallest absolute Gasteiger partial charge is 0.261 e. The van der Waals surface area contributed by atoms with Crippen LogP contribution in [0.25, 0.3) is 0 Å². The number of nitrogens with one attached hydrogen (secondary N) is 1. The van der Waals surface area contributed by atoms with Gasteiger partial charge in [0.2, 0.25) is 5.91 Å². The third kappa shape index (κ3) is 3.91. The Morgan fingerprint density at radius 1 is 1.04 bits per heavy atom. The van der Waals surface area contributed by atoms with Gasteiger partial charge in [-0.2, -0.15) is 0 Å². The van der Waals surface area contributed by atoms with Crippen LogP contribution in [-0.2, 0) is 10.2 Å². The van der Waals surface area contributed by atoms with E-state index in [9.17, 15) is 19.5 Å². The van der Waals surface area contributed by atoms with Gasteiger partial charge in [0.1, 0.15) is 5.75 Å².